The van der Waals surface area contributed by atoms with Crippen LogP contribution in [0.3, 0.4) is 0 Å². The number of ether oxygens (including phenoxy) is 5. The lowest BCUT2D eigenvalue weighted by Gasteiger charge is -2.50. The van der Waals surface area contributed by atoms with Crippen molar-refractivity contribution in [1.29, 1.82) is 0 Å². The fourth-order valence-electron chi connectivity index (χ4n) is 9.75. The lowest BCUT2D eigenvalue weighted by Crippen LogP contribution is -2.70. The molecule has 5 aliphatic heterocycles. The third-order valence-electron chi connectivity index (χ3n) is 12.6. The maximum Gasteiger partial charge on any atom is 0.348 e. The number of fused-ring (bicyclic) bond motifs is 4. The first-order valence-electron chi connectivity index (χ1n) is 21.2. The van der Waals surface area contributed by atoms with E-state index in [-0.39, 0.29) is 44.5 Å². The van der Waals surface area contributed by atoms with Crippen molar-refractivity contribution in [3.8, 4) is 0 Å². The Morgan fingerprint density at radius 3 is 2.45 bits per heavy atom. The van der Waals surface area contributed by atoms with Crippen LogP contribution in [0.15, 0.2) is 30.3 Å². The minimum atomic E-state index is -1.44. The van der Waals surface area contributed by atoms with E-state index in [1.807, 2.05) is 18.2 Å². The van der Waals surface area contributed by atoms with Gasteiger partial charge in [-0.15, -0.1) is 0 Å². The summed E-state index contributed by atoms with van der Waals surface area (Å²) in [6.45, 7) is 8.29. The predicted molar refractivity (Wildman–Crippen MR) is 207 cm³/mol. The molecule has 8 atom stereocenters. The van der Waals surface area contributed by atoms with E-state index >= 15 is 4.79 Å². The van der Waals surface area contributed by atoms with Gasteiger partial charge >= 0.3 is 17.9 Å². The van der Waals surface area contributed by atoms with E-state index < -0.39 is 77.1 Å². The molecule has 15 heteroatoms. The van der Waals surface area contributed by atoms with Crippen LogP contribution in [0.2, 0.25) is 0 Å². The molecule has 15 nitrogen and oxygen atoms in total. The molecule has 0 unspecified atom stereocenters. The highest BCUT2D eigenvalue weighted by atomic mass is 16.8. The molecule has 0 radical (unpaired) electrons. The van der Waals surface area contributed by atoms with Crippen LogP contribution >= 0.6 is 0 Å². The summed E-state index contributed by atoms with van der Waals surface area (Å²) in [6.07, 6.45) is 7.15. The van der Waals surface area contributed by atoms with Gasteiger partial charge in [0.1, 0.15) is 42.5 Å². The molecule has 1 aromatic rings. The van der Waals surface area contributed by atoms with Crippen LogP contribution in [0.25, 0.3) is 6.08 Å². The zero-order valence-corrected chi connectivity index (χ0v) is 34.2. The number of rotatable bonds is 17. The number of likely N-dealkylation sites (tertiary alicyclic amines) is 1. The number of carbonyl (C=O) groups excluding carboxylic acids is 5. The molecular weight excluding hydrogens is 750 g/mol. The Balaban J connectivity index is 1.19. The molecule has 7 rings (SSSR count). The van der Waals surface area contributed by atoms with Crippen molar-refractivity contribution < 1.29 is 57.6 Å². The van der Waals surface area contributed by atoms with Crippen molar-refractivity contribution in [2.24, 2.45) is 10.8 Å². The Kier molecular flexibility index (Phi) is 12.7. The zero-order valence-electron chi connectivity index (χ0n) is 34.2. The molecule has 2 bridgehead atoms. The molecular formula is C43H59N3O12. The number of nitrogens with one attached hydrogen (secondary N) is 1. The third kappa shape index (κ3) is 8.04. The molecule has 1 aliphatic carbocycles. The average Bonchev–Trinajstić information content (AvgIpc) is 3.98. The summed E-state index contributed by atoms with van der Waals surface area (Å²) in [5.41, 5.74) is -0.704. The van der Waals surface area contributed by atoms with E-state index in [1.165, 1.54) is 11.1 Å². The predicted octanol–water partition coefficient (Wildman–Crippen LogP) is 3.73. The van der Waals surface area contributed by atoms with Crippen molar-refractivity contribution in [1.82, 2.24) is 15.3 Å². The van der Waals surface area contributed by atoms with Crippen molar-refractivity contribution in [2.45, 2.75) is 153 Å². The molecule has 6 fully saturated rings. The van der Waals surface area contributed by atoms with Crippen molar-refractivity contribution in [3.63, 3.8) is 0 Å². The average molecular weight is 810 g/mol. The first-order chi connectivity index (χ1) is 27.9. The van der Waals surface area contributed by atoms with Gasteiger partial charge in [0.25, 0.3) is 0 Å². The number of cyclic esters (lactones) is 1. The molecule has 0 aromatic heterocycles. The Labute approximate surface area is 340 Å². The first-order valence-corrected chi connectivity index (χ1v) is 21.2. The van der Waals surface area contributed by atoms with Crippen LogP contribution < -0.4 is 5.32 Å². The second-order valence-corrected chi connectivity index (χ2v) is 17.4. The fraction of sp³-hybridized carbons (Fsp3) is 0.698. The topological polar surface area (TPSA) is 179 Å². The largest absolute Gasteiger partial charge is 0.462 e. The van der Waals surface area contributed by atoms with Gasteiger partial charge in [0.2, 0.25) is 17.9 Å². The summed E-state index contributed by atoms with van der Waals surface area (Å²) in [5, 5.41) is 13.7. The SMILES string of the molecule is CCCCCC1(CCCCC)O[C@@H]2[C@H](O1)[C@H]1ON(Cc3cccc(C=CC(=O)O[C@H]4C(=O)OCC4(C)C)c3)[C@@H]3C(=O)O[C@@H]2C[C@]13C(=O)N1CCC[C@@H]1C(=O)NCCO. The normalized spacial score (nSPS) is 31.9. The molecule has 5 saturated heterocycles. The maximum atomic E-state index is 15.3. The van der Waals surface area contributed by atoms with Gasteiger partial charge in [0.15, 0.2) is 11.8 Å². The lowest BCUT2D eigenvalue weighted by molar-refractivity contribution is -0.225. The molecule has 318 valence electrons. The highest BCUT2D eigenvalue weighted by Crippen LogP contribution is 2.59. The number of amides is 2. The quantitative estimate of drug-likeness (QED) is 0.101. The van der Waals surface area contributed by atoms with E-state index in [0.717, 1.165) is 44.1 Å². The number of hydrogen-bond acceptors (Lipinski definition) is 13. The van der Waals surface area contributed by atoms with Crippen LogP contribution in [0.1, 0.15) is 109 Å². The molecule has 1 aromatic carbocycles. The minimum Gasteiger partial charge on any atom is -0.462 e. The second kappa shape index (κ2) is 17.4. The van der Waals surface area contributed by atoms with Gasteiger partial charge in [0.05, 0.1) is 13.2 Å². The molecule has 1 saturated carbocycles. The van der Waals surface area contributed by atoms with Gasteiger partial charge in [-0.25, -0.2) is 9.59 Å². The number of esters is 3. The van der Waals surface area contributed by atoms with E-state index in [1.54, 1.807) is 30.9 Å². The first kappa shape index (κ1) is 42.2. The monoisotopic (exact) mass is 809 g/mol. The highest BCUT2D eigenvalue weighted by Gasteiger charge is 2.77. The number of unbranched alkanes of at least 4 members (excludes halogenated alkanes) is 4. The van der Waals surface area contributed by atoms with Crippen molar-refractivity contribution >= 4 is 35.8 Å². The van der Waals surface area contributed by atoms with E-state index in [4.69, 9.17) is 28.5 Å². The molecule has 0 spiro atoms. The van der Waals surface area contributed by atoms with E-state index in [9.17, 15) is 24.3 Å². The third-order valence-corrected chi connectivity index (χ3v) is 12.6. The highest BCUT2D eigenvalue weighted by molar-refractivity contribution is 5.96. The number of hydroxylamine groups is 2. The number of benzene rings is 1. The summed E-state index contributed by atoms with van der Waals surface area (Å²) in [5.74, 6) is -3.49. The van der Waals surface area contributed by atoms with Crippen molar-refractivity contribution in [3.05, 3.63) is 41.5 Å². The molecule has 58 heavy (non-hydrogen) atoms. The van der Waals surface area contributed by atoms with E-state index in [0.29, 0.717) is 37.8 Å². The maximum absolute atomic E-state index is 15.3. The fourth-order valence-corrected chi connectivity index (χ4v) is 9.75. The Morgan fingerprint density at radius 2 is 1.76 bits per heavy atom. The number of hydrogen-bond donors (Lipinski definition) is 2. The van der Waals surface area contributed by atoms with Gasteiger partial charge in [-0.3, -0.25) is 19.2 Å². The summed E-state index contributed by atoms with van der Waals surface area (Å²) >= 11 is 0. The number of aliphatic hydroxyl groups is 1. The number of nitrogens with zero attached hydrogens (tertiary/aromatic N) is 2. The smallest absolute Gasteiger partial charge is 0.348 e. The molecule has 6 aliphatic rings. The summed E-state index contributed by atoms with van der Waals surface area (Å²) in [6, 6.07) is 5.39. The number of aliphatic hydroxyl groups excluding tert-OH is 1. The summed E-state index contributed by atoms with van der Waals surface area (Å²) in [4.78, 5) is 76.3. The number of carbonyl (C=O) groups is 5. The minimum absolute atomic E-state index is 0.0644. The van der Waals surface area contributed by atoms with Crippen LogP contribution in [0, 0.1) is 10.8 Å². The van der Waals surface area contributed by atoms with E-state index in [2.05, 4.69) is 19.2 Å². The standard InChI is InChI=1S/C43H59N3O12/c1-5-7-9-18-42(19-10-8-6-2)56-32-30-24-43(40(52)45-21-12-15-29(45)37(49)44-20-22-47)34(38(50)54-30)46(58-35(43)33(32)57-42)25-28-14-11-13-27(23-28)16-17-31(48)55-36-39(51)53-26-41(36,3)4/h11,13-14,16-17,23,29-30,32-36,47H,5-10,12,15,18-22,24-26H2,1-4H3,(H,44,49)/t29-,30-,32+,33+,34-,35-,36+,43-/m1/s1. The van der Waals surface area contributed by atoms with Gasteiger partial charge in [-0.2, -0.15) is 5.06 Å². The van der Waals surface area contributed by atoms with Gasteiger partial charge in [0, 0.05) is 43.8 Å². The Hall–Kier alpha value is -3.89. The Bertz CT molecular complexity index is 1740. The van der Waals surface area contributed by atoms with Gasteiger partial charge in [-0.1, -0.05) is 77.6 Å². The molecule has 2 amide bonds. The zero-order chi connectivity index (χ0) is 41.2. The van der Waals surface area contributed by atoms with Crippen molar-refractivity contribution in [2.75, 3.05) is 26.3 Å². The van der Waals surface area contributed by atoms with Crippen LogP contribution in [-0.2, 0) is 59.0 Å². The molecule has 5 heterocycles. The van der Waals surface area contributed by atoms with Crippen LogP contribution in [0.5, 0.6) is 0 Å². The Morgan fingerprint density at radius 1 is 1.02 bits per heavy atom. The van der Waals surface area contributed by atoms with Gasteiger partial charge in [-0.05, 0) is 42.9 Å². The van der Waals surface area contributed by atoms with Crippen LogP contribution in [-0.4, -0.2) is 119 Å². The van der Waals surface area contributed by atoms with Crippen LogP contribution in [0.4, 0.5) is 0 Å². The summed E-state index contributed by atoms with van der Waals surface area (Å²) < 4.78 is 30.6. The summed E-state index contributed by atoms with van der Waals surface area (Å²) in [7, 11) is 0. The molecule has 2 N–H and O–H groups in total. The second-order valence-electron chi connectivity index (χ2n) is 17.4. The lowest BCUT2D eigenvalue weighted by atomic mass is 9.62. The van der Waals surface area contributed by atoms with Gasteiger partial charge < -0.3 is 39.0 Å².